The van der Waals surface area contributed by atoms with Crippen molar-refractivity contribution >= 4 is 23.9 Å². The Bertz CT molecular complexity index is 1530. The first-order valence-corrected chi connectivity index (χ1v) is 22.5. The maximum Gasteiger partial charge on any atom is 0.315 e. The average Bonchev–Trinajstić information content (AvgIpc) is 3.51. The summed E-state index contributed by atoms with van der Waals surface area (Å²) in [5.74, 6) is 0.580. The van der Waals surface area contributed by atoms with Gasteiger partial charge in [-0.05, 0) is 184 Å². The van der Waals surface area contributed by atoms with Crippen LogP contribution in [0.25, 0.3) is 0 Å². The highest BCUT2D eigenvalue weighted by Crippen LogP contribution is 2.77. The predicted octanol–water partition coefficient (Wildman–Crippen LogP) is 10.3. The van der Waals surface area contributed by atoms with Gasteiger partial charge in [0.1, 0.15) is 0 Å². The van der Waals surface area contributed by atoms with Crippen LogP contribution in [0, 0.1) is 78.8 Å². The fourth-order valence-electron chi connectivity index (χ4n) is 13.5. The molecule has 58 heavy (non-hydrogen) atoms. The van der Waals surface area contributed by atoms with E-state index in [1.807, 2.05) is 41.5 Å². The molecule has 5 aliphatic carbocycles. The molecule has 5 rings (SSSR count). The van der Waals surface area contributed by atoms with Gasteiger partial charge in [0.15, 0.2) is 13.6 Å². The molecular weight excluding hydrogens is 737 g/mol. The van der Waals surface area contributed by atoms with Crippen molar-refractivity contribution in [2.24, 2.45) is 78.8 Å². The molecular formula is C48H80O10. The van der Waals surface area contributed by atoms with Crippen LogP contribution in [0.2, 0.25) is 0 Å². The van der Waals surface area contributed by atoms with Gasteiger partial charge in [0, 0.05) is 0 Å². The topological polar surface area (TPSA) is 124 Å². The summed E-state index contributed by atoms with van der Waals surface area (Å²) >= 11 is 0. The van der Waals surface area contributed by atoms with E-state index in [-0.39, 0.29) is 83.8 Å². The van der Waals surface area contributed by atoms with E-state index in [0.717, 1.165) is 64.2 Å². The van der Waals surface area contributed by atoms with E-state index in [0.29, 0.717) is 24.4 Å². The third-order valence-corrected chi connectivity index (χ3v) is 16.9. The summed E-state index contributed by atoms with van der Waals surface area (Å²) in [5, 5.41) is 0. The first kappa shape index (κ1) is 46.9. The fourth-order valence-corrected chi connectivity index (χ4v) is 13.5. The van der Waals surface area contributed by atoms with Crippen LogP contribution in [0.4, 0.5) is 0 Å². The van der Waals surface area contributed by atoms with Crippen LogP contribution in [-0.4, -0.2) is 57.0 Å². The molecule has 0 amide bonds. The van der Waals surface area contributed by atoms with Gasteiger partial charge in [-0.3, -0.25) is 19.2 Å². The van der Waals surface area contributed by atoms with Crippen LogP contribution < -0.4 is 0 Å². The Morgan fingerprint density at radius 3 is 1.74 bits per heavy atom. The minimum atomic E-state index is -0.693. The van der Waals surface area contributed by atoms with Gasteiger partial charge in [-0.25, -0.2) is 0 Å². The number of carbonyl (C=O) groups is 4. The minimum absolute atomic E-state index is 0.00109. The maximum absolute atomic E-state index is 14.5. The highest BCUT2D eigenvalue weighted by Gasteiger charge is 2.72. The molecule has 0 saturated heterocycles. The molecule has 0 aromatic rings. The lowest BCUT2D eigenvalue weighted by molar-refractivity contribution is -0.259. The Morgan fingerprint density at radius 1 is 0.586 bits per heavy atom. The van der Waals surface area contributed by atoms with E-state index in [2.05, 4.69) is 41.5 Å². The van der Waals surface area contributed by atoms with Gasteiger partial charge in [-0.2, -0.15) is 0 Å². The number of ether oxygens (including phenoxy) is 6. The molecule has 5 saturated carbocycles. The standard InChI is InChI=1S/C48H80O10/c1-30(26-53-27-55-37(49)41(2,3)4)31-18-23-48(40(52)58-29-57-39(51)43(8,9)10)25-24-46(14)32(36(31)48)16-17-34-45(13)21-20-35(54-28-56-38(50)42(5,6)7)44(11,12)33(45)19-22-47(34,46)15/h30-36H,16-29H2,1-15H3/t30?,31?,32?,33?,34?,35-,36?,45-,46+,47+,48-/m0/s1. The molecule has 0 aromatic carbocycles. The van der Waals surface area contributed by atoms with Crippen LogP contribution in [0.5, 0.6) is 0 Å². The number of hydrogen-bond acceptors (Lipinski definition) is 10. The van der Waals surface area contributed by atoms with Crippen LogP contribution in [0.15, 0.2) is 0 Å². The zero-order valence-corrected chi connectivity index (χ0v) is 39.0. The highest BCUT2D eigenvalue weighted by atomic mass is 16.7. The summed E-state index contributed by atoms with van der Waals surface area (Å²) in [6, 6.07) is 0. The quantitative estimate of drug-likeness (QED) is 0.0861. The van der Waals surface area contributed by atoms with E-state index in [4.69, 9.17) is 28.4 Å². The molecule has 6 unspecified atom stereocenters. The van der Waals surface area contributed by atoms with Gasteiger partial charge in [0.25, 0.3) is 0 Å². The van der Waals surface area contributed by atoms with Crippen molar-refractivity contribution in [3.05, 3.63) is 0 Å². The van der Waals surface area contributed by atoms with Crippen molar-refractivity contribution in [3.63, 3.8) is 0 Å². The number of esters is 4. The molecule has 0 bridgehead atoms. The Morgan fingerprint density at radius 2 is 1.16 bits per heavy atom. The Hall–Kier alpha value is -2.20. The normalized spacial score (nSPS) is 37.6. The average molecular weight is 817 g/mol. The molecule has 332 valence electrons. The molecule has 0 spiro atoms. The lowest BCUT2D eigenvalue weighted by atomic mass is 9.32. The van der Waals surface area contributed by atoms with Crippen LogP contribution in [0.3, 0.4) is 0 Å². The summed E-state index contributed by atoms with van der Waals surface area (Å²) < 4.78 is 34.9. The SMILES string of the molecule is CC(COCOC(=O)C(C)(C)C)C1CC[C@]2(C(=O)OCOC(=O)C(C)(C)C)CC[C@]3(C)C(CCC4[C@@]5(C)CC[C@H](OCOC(=O)C(C)(C)C)C(C)(C)C5CC[C@]43C)C12. The monoisotopic (exact) mass is 817 g/mol. The Labute approximate surface area is 350 Å². The molecule has 0 aromatic heterocycles. The molecule has 11 atom stereocenters. The molecule has 0 heterocycles. The van der Waals surface area contributed by atoms with Crippen LogP contribution in [-0.2, 0) is 47.6 Å². The highest BCUT2D eigenvalue weighted by molar-refractivity contribution is 5.79. The van der Waals surface area contributed by atoms with Gasteiger partial charge < -0.3 is 28.4 Å². The van der Waals surface area contributed by atoms with Crippen molar-refractivity contribution in [3.8, 4) is 0 Å². The van der Waals surface area contributed by atoms with Gasteiger partial charge in [-0.15, -0.1) is 0 Å². The zero-order valence-electron chi connectivity index (χ0n) is 39.0. The molecule has 0 N–H and O–H groups in total. The van der Waals surface area contributed by atoms with Gasteiger partial charge >= 0.3 is 23.9 Å². The second-order valence-corrected chi connectivity index (χ2v) is 23.7. The van der Waals surface area contributed by atoms with Crippen LogP contribution >= 0.6 is 0 Å². The number of hydrogen-bond donors (Lipinski definition) is 0. The molecule has 5 fully saturated rings. The zero-order chi connectivity index (χ0) is 43.5. The van der Waals surface area contributed by atoms with Crippen molar-refractivity contribution in [2.75, 3.05) is 27.0 Å². The predicted molar refractivity (Wildman–Crippen MR) is 221 cm³/mol. The van der Waals surface area contributed by atoms with E-state index in [1.54, 1.807) is 20.8 Å². The first-order chi connectivity index (χ1) is 26.6. The van der Waals surface area contributed by atoms with E-state index < -0.39 is 27.6 Å². The third-order valence-electron chi connectivity index (χ3n) is 16.9. The minimum Gasteiger partial charge on any atom is -0.438 e. The second kappa shape index (κ2) is 16.2. The Balaban J connectivity index is 1.38. The summed E-state index contributed by atoms with van der Waals surface area (Å²) in [6.45, 7) is 31.1. The lowest BCUT2D eigenvalue weighted by Gasteiger charge is -2.73. The summed E-state index contributed by atoms with van der Waals surface area (Å²) in [6.07, 6.45) is 9.74. The second-order valence-electron chi connectivity index (χ2n) is 23.7. The number of fused-ring (bicyclic) bond motifs is 7. The smallest absolute Gasteiger partial charge is 0.315 e. The fraction of sp³-hybridized carbons (Fsp3) is 0.917. The van der Waals surface area contributed by atoms with Crippen molar-refractivity contribution in [1.82, 2.24) is 0 Å². The third kappa shape index (κ3) is 8.38. The summed E-state index contributed by atoms with van der Waals surface area (Å²) in [5.41, 5.74) is -2.42. The summed E-state index contributed by atoms with van der Waals surface area (Å²) in [7, 11) is 0. The van der Waals surface area contributed by atoms with E-state index in [9.17, 15) is 19.2 Å². The van der Waals surface area contributed by atoms with Crippen molar-refractivity contribution < 1.29 is 47.6 Å². The van der Waals surface area contributed by atoms with Crippen molar-refractivity contribution in [1.29, 1.82) is 0 Å². The largest absolute Gasteiger partial charge is 0.438 e. The van der Waals surface area contributed by atoms with Gasteiger partial charge in [0.05, 0.1) is 34.4 Å². The lowest BCUT2D eigenvalue weighted by Crippen LogP contribution is -2.67. The van der Waals surface area contributed by atoms with E-state index >= 15 is 0 Å². The molecule has 0 aliphatic heterocycles. The van der Waals surface area contributed by atoms with E-state index in [1.165, 1.54) is 0 Å². The van der Waals surface area contributed by atoms with Crippen LogP contribution in [0.1, 0.15) is 168 Å². The molecule has 10 heteroatoms. The van der Waals surface area contributed by atoms with Gasteiger partial charge in [0.2, 0.25) is 6.79 Å². The van der Waals surface area contributed by atoms with Crippen molar-refractivity contribution in [2.45, 2.75) is 174 Å². The first-order valence-electron chi connectivity index (χ1n) is 22.5. The molecule has 0 radical (unpaired) electrons. The maximum atomic E-state index is 14.5. The molecule has 5 aliphatic rings. The molecule has 10 nitrogen and oxygen atoms in total. The number of carbonyl (C=O) groups excluding carboxylic acids is 4. The Kier molecular flexibility index (Phi) is 13.1. The number of rotatable bonds is 11. The summed E-state index contributed by atoms with van der Waals surface area (Å²) in [4.78, 5) is 52.1. The van der Waals surface area contributed by atoms with Gasteiger partial charge in [-0.1, -0.05) is 41.5 Å².